The van der Waals surface area contributed by atoms with Crippen LogP contribution in [0.3, 0.4) is 0 Å². The molecule has 0 aromatic heterocycles. The Labute approximate surface area is 95.8 Å². The molecule has 0 spiro atoms. The minimum Gasteiger partial charge on any atom is -0.481 e. The highest BCUT2D eigenvalue weighted by Crippen LogP contribution is 2.05. The smallest absolute Gasteiger partial charge is 0.303 e. The quantitative estimate of drug-likeness (QED) is 0.651. The Hall–Kier alpha value is -0.810. The number of nitrogens with one attached hydrogen (secondary N) is 1. The van der Waals surface area contributed by atoms with Gasteiger partial charge in [0.05, 0.1) is 6.04 Å². The van der Waals surface area contributed by atoms with Crippen molar-refractivity contribution in [3.63, 3.8) is 0 Å². The number of amides is 1. The van der Waals surface area contributed by atoms with Gasteiger partial charge in [-0.2, -0.15) is 0 Å². The van der Waals surface area contributed by atoms with Gasteiger partial charge in [-0.05, 0) is 27.2 Å². The van der Waals surface area contributed by atoms with Crippen molar-refractivity contribution in [3.05, 3.63) is 0 Å². The summed E-state index contributed by atoms with van der Waals surface area (Å²) in [5.74, 6) is -1.44. The van der Waals surface area contributed by atoms with Gasteiger partial charge in [-0.25, -0.2) is 0 Å². The van der Waals surface area contributed by atoms with Gasteiger partial charge in [0.2, 0.25) is 5.91 Å². The molecule has 4 N–H and O–H groups in total. The molecule has 0 aromatic rings. The van der Waals surface area contributed by atoms with E-state index in [4.69, 9.17) is 10.8 Å². The number of aliphatic carboxylic acids is 1. The second kappa shape index (κ2) is 6.63. The predicted molar refractivity (Wildman–Crippen MR) is 60.0 cm³/mol. The van der Waals surface area contributed by atoms with Crippen molar-refractivity contribution in [2.24, 2.45) is 5.73 Å². The Morgan fingerprint density at radius 2 is 1.87 bits per heavy atom. The number of carboxylic acids is 1. The zero-order chi connectivity index (χ0) is 11.4. The Morgan fingerprint density at radius 3 is 2.13 bits per heavy atom. The molecule has 0 aliphatic carbocycles. The van der Waals surface area contributed by atoms with Crippen LogP contribution < -0.4 is 11.1 Å². The molecule has 0 bridgehead atoms. The van der Waals surface area contributed by atoms with Gasteiger partial charge in [-0.1, -0.05) is 0 Å². The van der Waals surface area contributed by atoms with Crippen LogP contribution in [0.5, 0.6) is 0 Å². The number of rotatable bonds is 5. The van der Waals surface area contributed by atoms with Crippen molar-refractivity contribution in [1.82, 2.24) is 5.32 Å². The maximum atomic E-state index is 11.0. The van der Waals surface area contributed by atoms with Crippen LogP contribution >= 0.6 is 12.4 Å². The SMILES string of the molecule is CC(C)(C)NC(CCC(=O)O)C(N)=O.Cl. The van der Waals surface area contributed by atoms with Gasteiger partial charge in [-0.3, -0.25) is 9.59 Å². The third-order valence-electron chi connectivity index (χ3n) is 1.60. The average molecular weight is 239 g/mol. The van der Waals surface area contributed by atoms with Crippen LogP contribution in [0.15, 0.2) is 0 Å². The van der Waals surface area contributed by atoms with Gasteiger partial charge in [0, 0.05) is 12.0 Å². The molecule has 0 radical (unpaired) electrons. The summed E-state index contributed by atoms with van der Waals surface area (Å²) in [6.07, 6.45) is 0.165. The molecule has 15 heavy (non-hydrogen) atoms. The first-order valence-electron chi connectivity index (χ1n) is 4.51. The summed E-state index contributed by atoms with van der Waals surface area (Å²) in [6.45, 7) is 5.68. The second-order valence-corrected chi connectivity index (χ2v) is 4.28. The van der Waals surface area contributed by atoms with Gasteiger partial charge >= 0.3 is 5.97 Å². The fraction of sp³-hybridized carbons (Fsp3) is 0.778. The zero-order valence-electron chi connectivity index (χ0n) is 9.24. The van der Waals surface area contributed by atoms with E-state index in [0.717, 1.165) is 0 Å². The summed E-state index contributed by atoms with van der Waals surface area (Å²) in [5.41, 5.74) is 4.88. The van der Waals surface area contributed by atoms with Crippen molar-refractivity contribution in [2.45, 2.75) is 45.2 Å². The minimum absolute atomic E-state index is 0. The van der Waals surface area contributed by atoms with Crippen molar-refractivity contribution in [2.75, 3.05) is 0 Å². The maximum absolute atomic E-state index is 11.0. The lowest BCUT2D eigenvalue weighted by Crippen LogP contribution is -2.50. The predicted octanol–water partition coefficient (Wildman–Crippen LogP) is 0.515. The van der Waals surface area contributed by atoms with E-state index >= 15 is 0 Å². The summed E-state index contributed by atoms with van der Waals surface area (Å²) in [5, 5.41) is 11.4. The maximum Gasteiger partial charge on any atom is 0.303 e. The average Bonchev–Trinajstić information content (AvgIpc) is 1.94. The molecule has 1 atom stereocenters. The van der Waals surface area contributed by atoms with Gasteiger partial charge < -0.3 is 16.2 Å². The fourth-order valence-electron chi connectivity index (χ4n) is 1.08. The van der Waals surface area contributed by atoms with E-state index < -0.39 is 17.9 Å². The topological polar surface area (TPSA) is 92.4 Å². The highest BCUT2D eigenvalue weighted by atomic mass is 35.5. The number of primary amides is 1. The number of halogens is 1. The monoisotopic (exact) mass is 238 g/mol. The summed E-state index contributed by atoms with van der Waals surface area (Å²) in [6, 6.07) is -0.578. The molecule has 0 fully saturated rings. The lowest BCUT2D eigenvalue weighted by molar-refractivity contribution is -0.137. The Morgan fingerprint density at radius 1 is 1.40 bits per heavy atom. The summed E-state index contributed by atoms with van der Waals surface area (Å²) >= 11 is 0. The summed E-state index contributed by atoms with van der Waals surface area (Å²) in [4.78, 5) is 21.3. The molecule has 0 heterocycles. The molecule has 0 saturated carbocycles. The highest BCUT2D eigenvalue weighted by Gasteiger charge is 2.22. The fourth-order valence-corrected chi connectivity index (χ4v) is 1.08. The lowest BCUT2D eigenvalue weighted by Gasteiger charge is -2.26. The first-order valence-corrected chi connectivity index (χ1v) is 4.51. The summed E-state index contributed by atoms with van der Waals surface area (Å²) in [7, 11) is 0. The second-order valence-electron chi connectivity index (χ2n) is 4.28. The highest BCUT2D eigenvalue weighted by molar-refractivity contribution is 5.85. The number of hydrogen-bond donors (Lipinski definition) is 3. The number of carbonyl (C=O) groups excluding carboxylic acids is 1. The third-order valence-corrected chi connectivity index (χ3v) is 1.60. The number of nitrogens with two attached hydrogens (primary N) is 1. The van der Waals surface area contributed by atoms with Crippen LogP contribution in [0.1, 0.15) is 33.6 Å². The van der Waals surface area contributed by atoms with E-state index in [1.165, 1.54) is 0 Å². The van der Waals surface area contributed by atoms with Crippen LogP contribution in [0, 0.1) is 0 Å². The normalized spacial score (nSPS) is 12.7. The Bertz CT molecular complexity index is 226. The molecule has 0 saturated heterocycles. The van der Waals surface area contributed by atoms with E-state index in [1.807, 2.05) is 20.8 Å². The molecule has 0 aromatic carbocycles. The van der Waals surface area contributed by atoms with Crippen LogP contribution in [-0.4, -0.2) is 28.6 Å². The first kappa shape index (κ1) is 16.6. The van der Waals surface area contributed by atoms with Crippen molar-refractivity contribution in [3.8, 4) is 0 Å². The van der Waals surface area contributed by atoms with Crippen LogP contribution in [0.4, 0.5) is 0 Å². The zero-order valence-corrected chi connectivity index (χ0v) is 10.1. The number of carboxylic acid groups (broad SMARTS) is 1. The molecule has 0 rings (SSSR count). The van der Waals surface area contributed by atoms with E-state index in [1.54, 1.807) is 0 Å². The van der Waals surface area contributed by atoms with Crippen molar-refractivity contribution < 1.29 is 14.7 Å². The first-order chi connectivity index (χ1) is 6.22. The molecule has 5 nitrogen and oxygen atoms in total. The van der Waals surface area contributed by atoms with Crippen LogP contribution in [-0.2, 0) is 9.59 Å². The van der Waals surface area contributed by atoms with Crippen molar-refractivity contribution in [1.29, 1.82) is 0 Å². The van der Waals surface area contributed by atoms with Gasteiger partial charge in [0.15, 0.2) is 0 Å². The van der Waals surface area contributed by atoms with E-state index in [9.17, 15) is 9.59 Å². The standard InChI is InChI=1S/C9H18N2O3.ClH/c1-9(2,3)11-6(8(10)14)4-5-7(12)13;/h6,11H,4-5H2,1-3H3,(H2,10,14)(H,12,13);1H. The number of hydrogen-bond acceptors (Lipinski definition) is 3. The van der Waals surface area contributed by atoms with Crippen molar-refractivity contribution >= 4 is 24.3 Å². The summed E-state index contributed by atoms with van der Waals surface area (Å²) < 4.78 is 0. The molecule has 1 amide bonds. The molecular formula is C9H19ClN2O3. The lowest BCUT2D eigenvalue weighted by atomic mass is 10.0. The Balaban J connectivity index is 0. The Kier molecular flexibility index (Phi) is 7.35. The largest absolute Gasteiger partial charge is 0.481 e. The third kappa shape index (κ3) is 9.49. The van der Waals surface area contributed by atoms with Crippen LogP contribution in [0.2, 0.25) is 0 Å². The number of carbonyl (C=O) groups is 2. The molecule has 1 unspecified atom stereocenters. The minimum atomic E-state index is -0.924. The van der Waals surface area contributed by atoms with E-state index in [0.29, 0.717) is 0 Å². The molecular weight excluding hydrogens is 220 g/mol. The molecule has 6 heteroatoms. The molecule has 0 aliphatic rings. The van der Waals surface area contributed by atoms with Gasteiger partial charge in [0.1, 0.15) is 0 Å². The molecule has 0 aliphatic heterocycles. The van der Waals surface area contributed by atoms with E-state index in [-0.39, 0.29) is 30.8 Å². The molecule has 90 valence electrons. The van der Waals surface area contributed by atoms with Crippen LogP contribution in [0.25, 0.3) is 0 Å². The van der Waals surface area contributed by atoms with Gasteiger partial charge in [-0.15, -0.1) is 12.4 Å². The van der Waals surface area contributed by atoms with E-state index in [2.05, 4.69) is 5.32 Å². The van der Waals surface area contributed by atoms with Gasteiger partial charge in [0.25, 0.3) is 0 Å².